The molecule has 4 rings (SSSR count). The highest BCUT2D eigenvalue weighted by molar-refractivity contribution is 6.30. The van der Waals surface area contributed by atoms with Crippen molar-refractivity contribution in [2.75, 3.05) is 0 Å². The number of allylic oxidation sites excluding steroid dienone is 1. The van der Waals surface area contributed by atoms with Crippen molar-refractivity contribution in [3.63, 3.8) is 0 Å². The fourth-order valence-corrected chi connectivity index (χ4v) is 3.10. The first-order valence-electron chi connectivity index (χ1n) is 8.98. The molecule has 0 spiro atoms. The molecule has 2 aromatic heterocycles. The van der Waals surface area contributed by atoms with Gasteiger partial charge < -0.3 is 16.0 Å². The molecule has 0 amide bonds. The fraction of sp³-hybridized carbons (Fsp3) is 0.0455. The van der Waals surface area contributed by atoms with Gasteiger partial charge in [-0.1, -0.05) is 11.6 Å². The summed E-state index contributed by atoms with van der Waals surface area (Å²) in [5.74, 6) is 1.30. The van der Waals surface area contributed by atoms with Crippen LogP contribution in [0.4, 0.5) is 5.82 Å². The molecule has 2 heterocycles. The number of amidine groups is 1. The quantitative estimate of drug-likeness (QED) is 0.385. The van der Waals surface area contributed by atoms with Gasteiger partial charge in [-0.25, -0.2) is 15.0 Å². The largest absolute Gasteiger partial charge is 0.402 e. The molecule has 0 saturated heterocycles. The van der Waals surface area contributed by atoms with Crippen LogP contribution in [-0.2, 0) is 0 Å². The molecular formula is C22H19ClN6. The van der Waals surface area contributed by atoms with Gasteiger partial charge >= 0.3 is 0 Å². The lowest BCUT2D eigenvalue weighted by molar-refractivity contribution is 1.08. The van der Waals surface area contributed by atoms with Crippen molar-refractivity contribution in [1.29, 1.82) is 0 Å². The Hall–Kier alpha value is -3.64. The van der Waals surface area contributed by atoms with Gasteiger partial charge in [0.1, 0.15) is 5.84 Å². The molecule has 0 bridgehead atoms. The Morgan fingerprint density at radius 3 is 2.45 bits per heavy atom. The molecule has 0 aliphatic heterocycles. The molecule has 144 valence electrons. The van der Waals surface area contributed by atoms with E-state index in [9.17, 15) is 0 Å². The van der Waals surface area contributed by atoms with Gasteiger partial charge in [-0.2, -0.15) is 0 Å². The predicted octanol–water partition coefficient (Wildman–Crippen LogP) is 4.59. The van der Waals surface area contributed by atoms with E-state index in [1.165, 1.54) is 0 Å². The zero-order valence-electron chi connectivity index (χ0n) is 15.7. The highest BCUT2D eigenvalue weighted by Gasteiger charge is 2.11. The zero-order valence-corrected chi connectivity index (χ0v) is 16.5. The monoisotopic (exact) mass is 402 g/mol. The van der Waals surface area contributed by atoms with E-state index in [0.29, 0.717) is 22.4 Å². The summed E-state index contributed by atoms with van der Waals surface area (Å²) in [6.45, 7) is 1.75. The van der Waals surface area contributed by atoms with Crippen molar-refractivity contribution in [3.8, 4) is 17.1 Å². The first kappa shape index (κ1) is 18.7. The van der Waals surface area contributed by atoms with E-state index in [1.54, 1.807) is 25.1 Å². The minimum atomic E-state index is 0.279. The number of nitrogens with zero attached hydrogens (tertiary/aromatic N) is 4. The fourth-order valence-electron chi connectivity index (χ4n) is 2.97. The number of benzene rings is 2. The SMILES string of the molecule is C/C(N)=C/C(N)=Nc1nc(-c2ccc(Cl)cc2)nc2cc(-n3cccc3)ccc12. The molecule has 4 aromatic rings. The summed E-state index contributed by atoms with van der Waals surface area (Å²) in [7, 11) is 0. The molecule has 0 saturated carbocycles. The molecule has 0 radical (unpaired) electrons. The number of halogens is 1. The first-order chi connectivity index (χ1) is 14.0. The summed E-state index contributed by atoms with van der Waals surface area (Å²) in [6, 6.07) is 17.2. The third kappa shape index (κ3) is 4.12. The third-order valence-electron chi connectivity index (χ3n) is 4.28. The van der Waals surface area contributed by atoms with Gasteiger partial charge in [0, 0.05) is 39.8 Å². The van der Waals surface area contributed by atoms with Crippen LogP contribution in [-0.4, -0.2) is 20.4 Å². The summed E-state index contributed by atoms with van der Waals surface area (Å²) in [6.07, 6.45) is 5.56. The van der Waals surface area contributed by atoms with E-state index < -0.39 is 0 Å². The van der Waals surface area contributed by atoms with Crippen LogP contribution in [0.3, 0.4) is 0 Å². The van der Waals surface area contributed by atoms with Gasteiger partial charge in [-0.15, -0.1) is 0 Å². The Labute approximate surface area is 173 Å². The Morgan fingerprint density at radius 1 is 1.03 bits per heavy atom. The number of aromatic nitrogens is 3. The standard InChI is InChI=1S/C22H19ClN6/c1-14(24)12-20(25)27-22-18-9-8-17(29-10-2-3-11-29)13-19(18)26-21(28-22)15-4-6-16(23)7-5-15/h2-13H,24H2,1H3,(H2,25,26,27,28)/b14-12-. The summed E-state index contributed by atoms with van der Waals surface area (Å²) < 4.78 is 2.02. The second kappa shape index (κ2) is 7.77. The van der Waals surface area contributed by atoms with Crippen molar-refractivity contribution in [3.05, 3.63) is 83.8 Å². The molecule has 6 nitrogen and oxygen atoms in total. The Kier molecular flexibility index (Phi) is 5.01. The van der Waals surface area contributed by atoms with Gasteiger partial charge in [0.05, 0.1) is 5.52 Å². The molecule has 0 aliphatic rings. The highest BCUT2D eigenvalue weighted by Crippen LogP contribution is 2.29. The third-order valence-corrected chi connectivity index (χ3v) is 4.53. The zero-order chi connectivity index (χ0) is 20.4. The van der Waals surface area contributed by atoms with E-state index in [4.69, 9.17) is 28.1 Å². The molecule has 0 unspecified atom stereocenters. The van der Waals surface area contributed by atoms with Gasteiger partial charge in [0.25, 0.3) is 0 Å². The van der Waals surface area contributed by atoms with Crippen LogP contribution in [0.2, 0.25) is 5.02 Å². The average molecular weight is 403 g/mol. The number of rotatable bonds is 4. The Bertz CT molecular complexity index is 1220. The van der Waals surface area contributed by atoms with Crippen molar-refractivity contribution < 1.29 is 0 Å². The van der Waals surface area contributed by atoms with Gasteiger partial charge in [-0.3, -0.25) is 0 Å². The molecular weight excluding hydrogens is 384 g/mol. The molecule has 7 heteroatoms. The summed E-state index contributed by atoms with van der Waals surface area (Å²) in [5.41, 5.74) is 14.9. The lowest BCUT2D eigenvalue weighted by Gasteiger charge is -2.09. The van der Waals surface area contributed by atoms with Crippen molar-refractivity contribution in [2.24, 2.45) is 16.5 Å². The van der Waals surface area contributed by atoms with Crippen LogP contribution in [0, 0.1) is 0 Å². The minimum absolute atomic E-state index is 0.279. The Balaban J connectivity index is 1.93. The summed E-state index contributed by atoms with van der Waals surface area (Å²) >= 11 is 6.02. The van der Waals surface area contributed by atoms with Crippen LogP contribution < -0.4 is 11.5 Å². The number of fused-ring (bicyclic) bond motifs is 1. The van der Waals surface area contributed by atoms with Gasteiger partial charge in [0.2, 0.25) is 0 Å². The van der Waals surface area contributed by atoms with E-state index in [2.05, 4.69) is 9.98 Å². The summed E-state index contributed by atoms with van der Waals surface area (Å²) in [4.78, 5) is 13.9. The van der Waals surface area contributed by atoms with Gasteiger partial charge in [0.15, 0.2) is 11.6 Å². The van der Waals surface area contributed by atoms with Crippen LogP contribution in [0.15, 0.2) is 83.8 Å². The molecule has 2 aromatic carbocycles. The highest BCUT2D eigenvalue weighted by atomic mass is 35.5. The molecule has 0 atom stereocenters. The van der Waals surface area contributed by atoms with Crippen LogP contribution >= 0.6 is 11.6 Å². The number of hydrogen-bond acceptors (Lipinski definition) is 4. The maximum atomic E-state index is 6.03. The predicted molar refractivity (Wildman–Crippen MR) is 119 cm³/mol. The second-order valence-corrected chi connectivity index (χ2v) is 7.03. The molecule has 0 aliphatic carbocycles. The van der Waals surface area contributed by atoms with Crippen molar-refractivity contribution in [1.82, 2.24) is 14.5 Å². The topological polar surface area (TPSA) is 95.1 Å². The minimum Gasteiger partial charge on any atom is -0.402 e. The molecule has 0 fully saturated rings. The van der Waals surface area contributed by atoms with Gasteiger partial charge in [-0.05, 0) is 67.6 Å². The van der Waals surface area contributed by atoms with Crippen LogP contribution in [0.25, 0.3) is 28.0 Å². The number of hydrogen-bond donors (Lipinski definition) is 2. The van der Waals surface area contributed by atoms with E-state index >= 15 is 0 Å². The van der Waals surface area contributed by atoms with E-state index in [-0.39, 0.29) is 5.84 Å². The number of aliphatic imine (C=N–C) groups is 1. The Morgan fingerprint density at radius 2 is 1.76 bits per heavy atom. The van der Waals surface area contributed by atoms with E-state index in [1.807, 2.05) is 59.4 Å². The average Bonchev–Trinajstić information content (AvgIpc) is 3.22. The first-order valence-corrected chi connectivity index (χ1v) is 9.36. The maximum Gasteiger partial charge on any atom is 0.166 e. The smallest absolute Gasteiger partial charge is 0.166 e. The van der Waals surface area contributed by atoms with Crippen molar-refractivity contribution in [2.45, 2.75) is 6.92 Å². The van der Waals surface area contributed by atoms with E-state index in [0.717, 1.165) is 22.2 Å². The lowest BCUT2D eigenvalue weighted by atomic mass is 10.1. The van der Waals surface area contributed by atoms with Crippen LogP contribution in [0.5, 0.6) is 0 Å². The molecule has 4 N–H and O–H groups in total. The maximum absolute atomic E-state index is 6.03. The molecule has 29 heavy (non-hydrogen) atoms. The van der Waals surface area contributed by atoms with Crippen molar-refractivity contribution >= 4 is 34.2 Å². The second-order valence-electron chi connectivity index (χ2n) is 6.59. The normalized spacial score (nSPS) is 12.5. The number of nitrogens with two attached hydrogens (primary N) is 2. The van der Waals surface area contributed by atoms with Crippen LogP contribution in [0.1, 0.15) is 6.92 Å². The summed E-state index contributed by atoms with van der Waals surface area (Å²) in [5, 5.41) is 1.44. The lowest BCUT2D eigenvalue weighted by Crippen LogP contribution is -2.10.